The molecule has 7 heteroatoms. The van der Waals surface area contributed by atoms with Crippen molar-refractivity contribution >= 4 is 0 Å². The number of nitriles is 1. The van der Waals surface area contributed by atoms with E-state index in [1.807, 2.05) is 0 Å². The molecule has 0 aliphatic carbocycles. The Hall–Kier alpha value is -1.72. The molecule has 0 heterocycles. The average Bonchev–Trinajstić information content (AvgIpc) is 2.83. The maximum Gasteiger partial charge on any atom is 4.00 e. The molecule has 48 heavy (non-hydrogen) atoms. The van der Waals surface area contributed by atoms with Crippen LogP contribution in [0.25, 0.3) is 0 Å². The van der Waals surface area contributed by atoms with Gasteiger partial charge in [0.15, 0.2) is 0 Å². The van der Waals surface area contributed by atoms with Gasteiger partial charge in [-0.3, -0.25) is 4.90 Å². The van der Waals surface area contributed by atoms with Gasteiger partial charge >= 0.3 is 25.8 Å². The summed E-state index contributed by atoms with van der Waals surface area (Å²) >= 11 is 0. The maximum atomic E-state index is 13.6. The molecule has 0 aromatic heterocycles. The van der Waals surface area contributed by atoms with Crippen LogP contribution in [-0.4, -0.2) is 23.7 Å². The number of benzene rings is 2. The summed E-state index contributed by atoms with van der Waals surface area (Å²) in [4.78, 5) is 2.28. The second-order valence-electron chi connectivity index (χ2n) is 17.1. The SMILES string of the molecule is CC#N.CC(C)[O-].CC(C)[O-].CCCN(Cc1cc(C(C)(C)C)cc(C(C)(C)C)c1[O-])Cc1cc(C(C)(C)C)cc(C(C)(C)C)c1[O-].[Hf+4]. The molecule has 0 atom stereocenters. The first kappa shape index (κ1) is 50.7. The van der Waals surface area contributed by atoms with Gasteiger partial charge in [-0.05, 0) is 68.0 Å². The molecule has 2 rings (SSSR count). The van der Waals surface area contributed by atoms with Crippen LogP contribution >= 0.6 is 0 Å². The van der Waals surface area contributed by atoms with E-state index in [0.29, 0.717) is 13.1 Å². The van der Waals surface area contributed by atoms with Crippen LogP contribution in [0.3, 0.4) is 0 Å². The van der Waals surface area contributed by atoms with E-state index in [9.17, 15) is 20.4 Å². The normalized spacial score (nSPS) is 11.8. The second-order valence-corrected chi connectivity index (χ2v) is 17.1. The van der Waals surface area contributed by atoms with E-state index in [2.05, 4.69) is 119 Å². The Morgan fingerprint density at radius 3 is 1.06 bits per heavy atom. The molecular weight excluding hydrogens is 763 g/mol. The predicted octanol–water partition coefficient (Wildman–Crippen LogP) is 7.47. The van der Waals surface area contributed by atoms with Crippen molar-refractivity contribution < 1.29 is 46.3 Å². The largest absolute Gasteiger partial charge is 4.00 e. The molecule has 0 N–H and O–H groups in total. The summed E-state index contributed by atoms with van der Waals surface area (Å²) in [5, 5.41) is 53.6. The zero-order valence-electron chi connectivity index (χ0n) is 33.8. The molecule has 0 bridgehead atoms. The molecule has 0 aliphatic heterocycles. The van der Waals surface area contributed by atoms with Gasteiger partial charge in [-0.15, -0.1) is 23.7 Å². The Morgan fingerprint density at radius 2 is 0.875 bits per heavy atom. The van der Waals surface area contributed by atoms with Crippen molar-refractivity contribution in [2.75, 3.05) is 6.54 Å². The molecule has 0 fully saturated rings. The quantitative estimate of drug-likeness (QED) is 0.279. The van der Waals surface area contributed by atoms with Crippen molar-refractivity contribution in [3.05, 3.63) is 57.6 Å². The van der Waals surface area contributed by atoms with Crippen molar-refractivity contribution in [3.63, 3.8) is 0 Å². The topological polar surface area (TPSA) is 119 Å². The summed E-state index contributed by atoms with van der Waals surface area (Å²) in [7, 11) is 0. The van der Waals surface area contributed by atoms with Gasteiger partial charge in [0.2, 0.25) is 0 Å². The summed E-state index contributed by atoms with van der Waals surface area (Å²) < 4.78 is 0. The van der Waals surface area contributed by atoms with Gasteiger partial charge in [-0.2, -0.15) is 5.26 Å². The minimum Gasteiger partial charge on any atom is -0.872 e. The molecule has 0 aliphatic rings. The number of hydrogen-bond acceptors (Lipinski definition) is 6. The van der Waals surface area contributed by atoms with Gasteiger partial charge in [0.25, 0.3) is 0 Å². The molecule has 0 radical (unpaired) electrons. The summed E-state index contributed by atoms with van der Waals surface area (Å²) in [5.41, 5.74) is 5.21. The molecule has 270 valence electrons. The van der Waals surface area contributed by atoms with Gasteiger partial charge in [0, 0.05) is 20.0 Å². The van der Waals surface area contributed by atoms with Crippen LogP contribution < -0.4 is 20.4 Å². The van der Waals surface area contributed by atoms with Crippen LogP contribution in [0.4, 0.5) is 0 Å². The molecule has 6 nitrogen and oxygen atoms in total. The van der Waals surface area contributed by atoms with Gasteiger partial charge in [0.1, 0.15) is 0 Å². The molecule has 0 unspecified atom stereocenters. The van der Waals surface area contributed by atoms with E-state index < -0.39 is 12.2 Å². The van der Waals surface area contributed by atoms with Crippen molar-refractivity contribution in [3.8, 4) is 17.6 Å². The van der Waals surface area contributed by atoms with E-state index in [1.165, 1.54) is 18.1 Å². The first-order valence-electron chi connectivity index (χ1n) is 17.1. The molecule has 2 aromatic rings. The third-order valence-electron chi connectivity index (χ3n) is 7.01. The fourth-order valence-corrected chi connectivity index (χ4v) is 4.61. The second kappa shape index (κ2) is 21.5. The van der Waals surface area contributed by atoms with Crippen molar-refractivity contribution in [2.24, 2.45) is 0 Å². The summed E-state index contributed by atoms with van der Waals surface area (Å²) in [5.74, 6) is 0.274. The van der Waals surface area contributed by atoms with E-state index in [0.717, 1.165) is 35.2 Å². The minimum absolute atomic E-state index is 0. The van der Waals surface area contributed by atoms with Crippen LogP contribution in [-0.2, 0) is 60.6 Å². The van der Waals surface area contributed by atoms with Gasteiger partial charge < -0.3 is 20.4 Å². The zero-order valence-corrected chi connectivity index (χ0v) is 37.4. The Balaban J connectivity index is -0.00000147. The molecule has 0 spiro atoms. The van der Waals surface area contributed by atoms with E-state index in [-0.39, 0.29) is 59.0 Å². The predicted molar refractivity (Wildman–Crippen MR) is 193 cm³/mol. The smallest absolute Gasteiger partial charge is 0.872 e. The third-order valence-corrected chi connectivity index (χ3v) is 7.01. The first-order chi connectivity index (χ1) is 21.0. The minimum atomic E-state index is -0.417. The Kier molecular flexibility index (Phi) is 22.7. The number of rotatable bonds is 6. The van der Waals surface area contributed by atoms with Gasteiger partial charge in [-0.1, -0.05) is 142 Å². The summed E-state index contributed by atoms with van der Waals surface area (Å²) in [6.45, 7) is 37.8. The molecule has 0 saturated heterocycles. The molecule has 0 saturated carbocycles. The average molecular weight is 831 g/mol. The number of hydrogen-bond donors (Lipinski definition) is 0. The van der Waals surface area contributed by atoms with Crippen LogP contribution in [0, 0.1) is 11.3 Å². The van der Waals surface area contributed by atoms with Gasteiger partial charge in [-0.25, -0.2) is 0 Å². The van der Waals surface area contributed by atoms with Crippen molar-refractivity contribution in [1.82, 2.24) is 4.90 Å². The summed E-state index contributed by atoms with van der Waals surface area (Å²) in [6, 6.07) is 10.2. The van der Waals surface area contributed by atoms with E-state index in [1.54, 1.807) is 33.8 Å². The monoisotopic (exact) mass is 832 g/mol. The van der Waals surface area contributed by atoms with Crippen LogP contribution in [0.15, 0.2) is 24.3 Å². The molecular formula is C41H68HfN2O4. The van der Waals surface area contributed by atoms with E-state index >= 15 is 0 Å². The maximum absolute atomic E-state index is 13.6. The molecule has 2 aromatic carbocycles. The standard InChI is InChI=1S/C33H53NO2.2C3H7O.C2H3N.Hf/c1-14-15-34(20-22-16-24(30(2,3)4)18-26(28(22)35)32(8,9)10)21-23-17-25(31(5,6)7)19-27(29(23)36)33(11,12)13;2*1-3(2)4;1-2-3;/h16-19,35-36H,14-15,20-21H2,1-13H3;2*3H,1-2H3;1H3;/q;2*-1;;+4/p-2. The van der Waals surface area contributed by atoms with Gasteiger partial charge in [0.05, 0.1) is 6.07 Å². The van der Waals surface area contributed by atoms with Crippen LogP contribution in [0.2, 0.25) is 0 Å². The number of nitrogens with zero attached hydrogens (tertiary/aromatic N) is 2. The van der Waals surface area contributed by atoms with Crippen molar-refractivity contribution in [1.29, 1.82) is 5.26 Å². The Morgan fingerprint density at radius 1 is 0.625 bits per heavy atom. The van der Waals surface area contributed by atoms with Crippen LogP contribution in [0.1, 0.15) is 164 Å². The first-order valence-corrected chi connectivity index (χ1v) is 17.1. The Labute approximate surface area is 314 Å². The zero-order chi connectivity index (χ0) is 37.7. The fraction of sp³-hybridized carbons (Fsp3) is 0.683. The van der Waals surface area contributed by atoms with E-state index in [4.69, 9.17) is 5.26 Å². The fourth-order valence-electron chi connectivity index (χ4n) is 4.61. The third kappa shape index (κ3) is 19.5. The summed E-state index contributed by atoms with van der Waals surface area (Å²) in [6.07, 6.45) is 0.124. The van der Waals surface area contributed by atoms with Crippen molar-refractivity contribution in [2.45, 2.75) is 178 Å². The Bertz CT molecular complexity index is 1160. The van der Waals surface area contributed by atoms with Crippen LogP contribution in [0.5, 0.6) is 11.5 Å². The molecule has 0 amide bonds.